The Labute approximate surface area is 173 Å². The summed E-state index contributed by atoms with van der Waals surface area (Å²) in [5.74, 6) is -3.28. The second-order valence-corrected chi connectivity index (χ2v) is 6.68. The maximum Gasteiger partial charge on any atom is 0.573 e. The molecule has 3 amide bonds. The van der Waals surface area contributed by atoms with Crippen molar-refractivity contribution in [2.45, 2.75) is 24.6 Å². The van der Waals surface area contributed by atoms with Crippen LogP contribution in [-0.4, -0.2) is 40.8 Å². The first-order valence-electron chi connectivity index (χ1n) is 8.20. The number of hydrogen-bond acceptors (Lipinski definition) is 5. The van der Waals surface area contributed by atoms with Crippen molar-refractivity contribution in [2.75, 3.05) is 6.54 Å². The first-order valence-corrected chi connectivity index (χ1v) is 8.58. The molecule has 0 saturated carbocycles. The van der Waals surface area contributed by atoms with Gasteiger partial charge in [0, 0.05) is 0 Å². The molecular formula is C16H11ClF6N4O4. The van der Waals surface area contributed by atoms with Gasteiger partial charge < -0.3 is 25.1 Å². The summed E-state index contributed by atoms with van der Waals surface area (Å²) in [5.41, 5.74) is 4.72. The highest BCUT2D eigenvalue weighted by Gasteiger charge is 2.42. The third-order valence-corrected chi connectivity index (χ3v) is 4.43. The van der Waals surface area contributed by atoms with E-state index in [1.807, 2.05) is 0 Å². The minimum absolute atomic E-state index is 0.0261. The number of carbonyl (C=O) groups is 2. The molecule has 0 bridgehead atoms. The van der Waals surface area contributed by atoms with Crippen molar-refractivity contribution < 1.29 is 45.1 Å². The molecule has 8 nitrogen and oxygen atoms in total. The lowest BCUT2D eigenvalue weighted by molar-refractivity contribution is -0.274. The molecule has 31 heavy (non-hydrogen) atoms. The van der Waals surface area contributed by atoms with Crippen LogP contribution in [0.1, 0.15) is 23.2 Å². The number of ether oxygens (including phenoxy) is 1. The molecule has 0 aliphatic carbocycles. The zero-order valence-electron chi connectivity index (χ0n) is 14.9. The van der Waals surface area contributed by atoms with Crippen LogP contribution in [0, 0.1) is 0 Å². The number of carbonyl (C=O) groups excluding carboxylic acids is 2. The Morgan fingerprint density at radius 3 is 2.48 bits per heavy atom. The minimum Gasteiger partial charge on any atom is -0.441 e. The fraction of sp³-hybridized carbons (Fsp3) is 0.312. The highest BCUT2D eigenvalue weighted by molar-refractivity contribution is 6.32. The van der Waals surface area contributed by atoms with E-state index >= 15 is 0 Å². The fourth-order valence-corrected chi connectivity index (χ4v) is 3.12. The van der Waals surface area contributed by atoms with Gasteiger partial charge in [-0.3, -0.25) is 4.79 Å². The lowest BCUT2D eigenvalue weighted by Crippen LogP contribution is -2.39. The van der Waals surface area contributed by atoms with Gasteiger partial charge in [0.15, 0.2) is 0 Å². The summed E-state index contributed by atoms with van der Waals surface area (Å²) in [5, 5.41) is 1.71. The van der Waals surface area contributed by atoms with Crippen LogP contribution in [0.3, 0.4) is 0 Å². The van der Waals surface area contributed by atoms with Crippen molar-refractivity contribution >= 4 is 23.5 Å². The quantitative estimate of drug-likeness (QED) is 0.649. The van der Waals surface area contributed by atoms with E-state index in [-0.39, 0.29) is 12.1 Å². The number of nitrogens with one attached hydrogen (secondary N) is 1. The van der Waals surface area contributed by atoms with Gasteiger partial charge in [0.05, 0.1) is 11.6 Å². The maximum absolute atomic E-state index is 12.9. The number of aromatic nitrogens is 1. The molecule has 3 rings (SSSR count). The van der Waals surface area contributed by atoms with Crippen molar-refractivity contribution in [1.29, 1.82) is 0 Å². The maximum atomic E-state index is 12.9. The van der Waals surface area contributed by atoms with Crippen LogP contribution < -0.4 is 15.8 Å². The molecule has 1 aliphatic heterocycles. The summed E-state index contributed by atoms with van der Waals surface area (Å²) in [6, 6.07) is -0.612. The molecule has 3 N–H and O–H groups in total. The molecule has 0 radical (unpaired) electrons. The van der Waals surface area contributed by atoms with Gasteiger partial charge in [-0.25, -0.2) is 9.78 Å². The Balaban J connectivity index is 2.04. The van der Waals surface area contributed by atoms with Crippen molar-refractivity contribution in [1.82, 2.24) is 15.2 Å². The van der Waals surface area contributed by atoms with E-state index in [1.165, 1.54) is 0 Å². The zero-order chi connectivity index (χ0) is 23.1. The van der Waals surface area contributed by atoms with Gasteiger partial charge in [0.2, 0.25) is 5.91 Å². The van der Waals surface area contributed by atoms with E-state index in [0.717, 1.165) is 23.1 Å². The van der Waals surface area contributed by atoms with Gasteiger partial charge in [-0.1, -0.05) is 17.7 Å². The Kier molecular flexibility index (Phi) is 5.69. The number of nitrogens with zero attached hydrogens (tertiary/aromatic N) is 2. The van der Waals surface area contributed by atoms with Crippen LogP contribution in [-0.2, 0) is 11.0 Å². The van der Waals surface area contributed by atoms with Gasteiger partial charge in [0.1, 0.15) is 29.8 Å². The van der Waals surface area contributed by atoms with Gasteiger partial charge in [-0.15, -0.1) is 13.2 Å². The molecule has 1 unspecified atom stereocenters. The molecule has 1 saturated heterocycles. The topological polar surface area (TPSA) is 111 Å². The highest BCUT2D eigenvalue weighted by atomic mass is 35.5. The smallest absolute Gasteiger partial charge is 0.441 e. The molecule has 1 aliphatic rings. The van der Waals surface area contributed by atoms with Gasteiger partial charge in [-0.05, 0) is 17.7 Å². The Hall–Kier alpha value is -3.16. The van der Waals surface area contributed by atoms with Crippen molar-refractivity contribution in [3.63, 3.8) is 0 Å². The predicted molar refractivity (Wildman–Crippen MR) is 89.7 cm³/mol. The lowest BCUT2D eigenvalue weighted by Gasteiger charge is -2.26. The minimum atomic E-state index is -5.04. The van der Waals surface area contributed by atoms with E-state index in [2.05, 4.69) is 19.5 Å². The summed E-state index contributed by atoms with van der Waals surface area (Å²) < 4.78 is 84.3. The van der Waals surface area contributed by atoms with Crippen LogP contribution in [0.25, 0.3) is 0 Å². The first-order chi connectivity index (χ1) is 14.3. The Morgan fingerprint density at radius 2 is 2.00 bits per heavy atom. The molecule has 15 heteroatoms. The van der Waals surface area contributed by atoms with Crippen LogP contribution >= 0.6 is 11.6 Å². The summed E-state index contributed by atoms with van der Waals surface area (Å²) in [6.45, 7) is -0.356. The number of primary amides is 1. The van der Waals surface area contributed by atoms with E-state index in [1.54, 1.807) is 0 Å². The number of halogens is 7. The molecule has 2 heterocycles. The average molecular weight is 473 g/mol. The number of nitrogens with two attached hydrogens (primary N) is 1. The van der Waals surface area contributed by atoms with Crippen LogP contribution in [0.15, 0.2) is 28.9 Å². The number of rotatable bonds is 5. The number of hydrogen-bond donors (Lipinski definition) is 2. The second-order valence-electron chi connectivity index (χ2n) is 6.27. The molecule has 0 spiro atoms. The van der Waals surface area contributed by atoms with Crippen molar-refractivity contribution in [2.24, 2.45) is 5.73 Å². The lowest BCUT2D eigenvalue weighted by atomic mass is 10.0. The third-order valence-electron chi connectivity index (χ3n) is 4.13. The van der Waals surface area contributed by atoms with E-state index < -0.39 is 58.9 Å². The molecule has 2 atom stereocenters. The van der Waals surface area contributed by atoms with Crippen molar-refractivity contribution in [3.8, 4) is 5.75 Å². The van der Waals surface area contributed by atoms with E-state index in [9.17, 15) is 35.9 Å². The monoisotopic (exact) mass is 472 g/mol. The summed E-state index contributed by atoms with van der Waals surface area (Å²) >= 11 is 5.82. The molecule has 1 aromatic heterocycles. The Morgan fingerprint density at radius 1 is 1.32 bits per heavy atom. The average Bonchev–Trinajstić information content (AvgIpc) is 3.24. The second kappa shape index (κ2) is 7.83. The first kappa shape index (κ1) is 22.5. The van der Waals surface area contributed by atoms with Crippen LogP contribution in [0.4, 0.5) is 31.1 Å². The standard InChI is InChI=1S/C16H11ClF6N4O4/c17-7-3-6(1-2-10(7)31-16(21,22)23)11(9-5-30-13(25-9)15(18,19)20)27-4-8(12(24)28)26-14(27)29/h1-3,5,8,11H,4H2,(H2,24,28)(H,26,29)/t8?,11-/m1/s1. The Bertz CT molecular complexity index is 1010. The van der Waals surface area contributed by atoms with Gasteiger partial charge >= 0.3 is 24.5 Å². The van der Waals surface area contributed by atoms with Crippen LogP contribution in [0.2, 0.25) is 5.02 Å². The number of oxazole rings is 1. The van der Waals surface area contributed by atoms with Crippen molar-refractivity contribution in [3.05, 3.63) is 46.6 Å². The predicted octanol–water partition coefficient (Wildman–Crippen LogP) is 3.21. The number of alkyl halides is 6. The SMILES string of the molecule is NC(=O)C1CN([C@H](c2ccc(OC(F)(F)F)c(Cl)c2)c2coc(C(F)(F)F)n2)C(=O)N1. The number of urea groups is 1. The van der Waals surface area contributed by atoms with Gasteiger partial charge in [0.25, 0.3) is 0 Å². The van der Waals surface area contributed by atoms with Gasteiger partial charge in [-0.2, -0.15) is 13.2 Å². The number of benzene rings is 1. The summed E-state index contributed by atoms with van der Waals surface area (Å²) in [7, 11) is 0. The molecule has 1 aromatic carbocycles. The van der Waals surface area contributed by atoms with Crippen LogP contribution in [0.5, 0.6) is 5.75 Å². The summed E-state index contributed by atoms with van der Waals surface area (Å²) in [4.78, 5) is 28.0. The molecule has 2 aromatic rings. The fourth-order valence-electron chi connectivity index (χ4n) is 2.89. The largest absolute Gasteiger partial charge is 0.573 e. The molecule has 168 valence electrons. The third kappa shape index (κ3) is 4.95. The summed E-state index contributed by atoms with van der Waals surface area (Å²) in [6.07, 6.45) is -9.35. The molecular weight excluding hydrogens is 462 g/mol. The van der Waals surface area contributed by atoms with E-state index in [0.29, 0.717) is 6.26 Å². The molecule has 1 fully saturated rings. The normalized spacial score (nSPS) is 18.1. The highest BCUT2D eigenvalue weighted by Crippen LogP contribution is 2.38. The zero-order valence-corrected chi connectivity index (χ0v) is 15.7. The number of amides is 3. The van der Waals surface area contributed by atoms with E-state index in [4.69, 9.17) is 17.3 Å².